The van der Waals surface area contributed by atoms with Gasteiger partial charge in [0, 0.05) is 11.8 Å². The third-order valence-electron chi connectivity index (χ3n) is 2.96. The van der Waals surface area contributed by atoms with Gasteiger partial charge >= 0.3 is 6.18 Å². The molecule has 0 aliphatic heterocycles. The third-order valence-corrected chi connectivity index (χ3v) is 2.96. The number of oxazole rings is 1. The van der Waals surface area contributed by atoms with Crippen LogP contribution in [0.5, 0.6) is 0 Å². The van der Waals surface area contributed by atoms with Crippen LogP contribution < -0.4 is 5.73 Å². The summed E-state index contributed by atoms with van der Waals surface area (Å²) in [7, 11) is 0. The van der Waals surface area contributed by atoms with Crippen LogP contribution in [0.1, 0.15) is 5.56 Å². The van der Waals surface area contributed by atoms with Crippen LogP contribution in [-0.4, -0.2) is 4.98 Å². The summed E-state index contributed by atoms with van der Waals surface area (Å²) in [5.41, 5.74) is 5.47. The number of rotatable bonds is 1. The molecule has 0 saturated heterocycles. The van der Waals surface area contributed by atoms with Crippen molar-refractivity contribution in [2.24, 2.45) is 0 Å². The van der Waals surface area contributed by atoms with Crippen molar-refractivity contribution in [3.8, 4) is 11.5 Å². The number of fused-ring (bicyclic) bond motifs is 1. The molecular weight excluding hydrogens is 288 g/mol. The quantitative estimate of drug-likeness (QED) is 0.540. The minimum Gasteiger partial charge on any atom is -0.436 e. The van der Waals surface area contributed by atoms with E-state index in [0.717, 1.165) is 18.2 Å². The molecule has 2 N–H and O–H groups in total. The van der Waals surface area contributed by atoms with Gasteiger partial charge in [-0.05, 0) is 30.3 Å². The van der Waals surface area contributed by atoms with E-state index in [1.54, 1.807) is 0 Å². The van der Waals surface area contributed by atoms with Crippen molar-refractivity contribution >= 4 is 16.8 Å². The Morgan fingerprint density at radius 1 is 1.05 bits per heavy atom. The molecule has 0 saturated carbocycles. The van der Waals surface area contributed by atoms with Crippen LogP contribution in [0.25, 0.3) is 22.6 Å². The Kier molecular flexibility index (Phi) is 2.86. The van der Waals surface area contributed by atoms with E-state index < -0.39 is 17.6 Å². The number of nitrogens with two attached hydrogens (primary N) is 1. The van der Waals surface area contributed by atoms with Crippen molar-refractivity contribution in [1.29, 1.82) is 0 Å². The van der Waals surface area contributed by atoms with Crippen LogP contribution >= 0.6 is 0 Å². The topological polar surface area (TPSA) is 52.0 Å². The second-order valence-electron chi connectivity index (χ2n) is 4.43. The molecule has 3 nitrogen and oxygen atoms in total. The Morgan fingerprint density at radius 2 is 1.81 bits per heavy atom. The highest BCUT2D eigenvalue weighted by Gasteiger charge is 2.31. The molecule has 108 valence electrons. The number of hydrogen-bond donors (Lipinski definition) is 1. The highest BCUT2D eigenvalue weighted by molar-refractivity contribution is 5.79. The van der Waals surface area contributed by atoms with Crippen LogP contribution in [0.2, 0.25) is 0 Å². The van der Waals surface area contributed by atoms with Gasteiger partial charge in [-0.1, -0.05) is 0 Å². The highest BCUT2D eigenvalue weighted by Crippen LogP contribution is 2.35. The van der Waals surface area contributed by atoms with Gasteiger partial charge in [0.15, 0.2) is 5.58 Å². The average Bonchev–Trinajstić information content (AvgIpc) is 2.80. The molecule has 0 amide bonds. The summed E-state index contributed by atoms with van der Waals surface area (Å²) in [6, 6.07) is 6.65. The van der Waals surface area contributed by atoms with E-state index in [1.165, 1.54) is 18.2 Å². The first-order valence-electron chi connectivity index (χ1n) is 5.88. The van der Waals surface area contributed by atoms with Crippen molar-refractivity contribution in [3.63, 3.8) is 0 Å². The molecule has 0 fully saturated rings. The van der Waals surface area contributed by atoms with E-state index in [1.807, 2.05) is 0 Å². The normalized spacial score (nSPS) is 12.0. The summed E-state index contributed by atoms with van der Waals surface area (Å²) in [5.74, 6) is -0.451. The van der Waals surface area contributed by atoms with Gasteiger partial charge in [0.05, 0.1) is 11.1 Å². The molecule has 7 heteroatoms. The lowest BCUT2D eigenvalue weighted by atomic mass is 10.1. The Labute approximate surface area is 116 Å². The Balaban J connectivity index is 2.10. The second-order valence-corrected chi connectivity index (χ2v) is 4.43. The average molecular weight is 296 g/mol. The molecule has 21 heavy (non-hydrogen) atoms. The van der Waals surface area contributed by atoms with Crippen molar-refractivity contribution in [2.75, 3.05) is 5.73 Å². The summed E-state index contributed by atoms with van der Waals surface area (Å²) in [6.07, 6.45) is -4.48. The predicted octanol–water partition coefficient (Wildman–Crippen LogP) is 4.23. The maximum absolute atomic E-state index is 13.1. The minimum absolute atomic E-state index is 0.0434. The standard InChI is InChI=1S/C14H8F4N2O/c15-8-2-4-11-12(6-8)21-13(20-11)9-3-1-7(5-10(9)19)14(16,17)18/h1-6H,19H2. The third kappa shape index (κ3) is 2.42. The van der Waals surface area contributed by atoms with E-state index in [4.69, 9.17) is 10.2 Å². The van der Waals surface area contributed by atoms with E-state index in [2.05, 4.69) is 4.98 Å². The van der Waals surface area contributed by atoms with Crippen molar-refractivity contribution in [3.05, 3.63) is 47.8 Å². The number of aromatic nitrogens is 1. The lowest BCUT2D eigenvalue weighted by Crippen LogP contribution is -2.06. The first kappa shape index (κ1) is 13.4. The van der Waals surface area contributed by atoms with E-state index in [-0.39, 0.29) is 22.7 Å². The maximum atomic E-state index is 13.1. The second kappa shape index (κ2) is 4.47. The van der Waals surface area contributed by atoms with Crippen molar-refractivity contribution < 1.29 is 22.0 Å². The first-order chi connectivity index (χ1) is 9.84. The zero-order valence-electron chi connectivity index (χ0n) is 10.4. The van der Waals surface area contributed by atoms with Crippen LogP contribution in [0, 0.1) is 5.82 Å². The summed E-state index contributed by atoms with van der Waals surface area (Å²) in [4.78, 5) is 4.08. The lowest BCUT2D eigenvalue weighted by molar-refractivity contribution is -0.137. The molecule has 0 unspecified atom stereocenters. The van der Waals surface area contributed by atoms with E-state index >= 15 is 0 Å². The molecule has 3 rings (SSSR count). The maximum Gasteiger partial charge on any atom is 0.416 e. The van der Waals surface area contributed by atoms with Gasteiger partial charge < -0.3 is 10.2 Å². The van der Waals surface area contributed by atoms with E-state index in [0.29, 0.717) is 5.52 Å². The smallest absolute Gasteiger partial charge is 0.416 e. The molecule has 0 atom stereocenters. The van der Waals surface area contributed by atoms with E-state index in [9.17, 15) is 17.6 Å². The first-order valence-corrected chi connectivity index (χ1v) is 5.88. The predicted molar refractivity (Wildman–Crippen MR) is 68.8 cm³/mol. The molecular formula is C14H8F4N2O. The monoisotopic (exact) mass is 296 g/mol. The number of anilines is 1. The molecule has 0 spiro atoms. The number of halogens is 4. The highest BCUT2D eigenvalue weighted by atomic mass is 19.4. The van der Waals surface area contributed by atoms with Gasteiger partial charge in [-0.25, -0.2) is 9.37 Å². The summed E-state index contributed by atoms with van der Waals surface area (Å²) >= 11 is 0. The molecule has 0 radical (unpaired) electrons. The largest absolute Gasteiger partial charge is 0.436 e. The van der Waals surface area contributed by atoms with Crippen LogP contribution in [0.3, 0.4) is 0 Å². The molecule has 2 aromatic carbocycles. The fourth-order valence-corrected chi connectivity index (χ4v) is 1.95. The number of nitrogens with zero attached hydrogens (tertiary/aromatic N) is 1. The molecule has 1 aromatic heterocycles. The number of alkyl halides is 3. The van der Waals surface area contributed by atoms with Gasteiger partial charge in [0.2, 0.25) is 5.89 Å². The minimum atomic E-state index is -4.48. The Hall–Kier alpha value is -2.57. The van der Waals surface area contributed by atoms with Crippen molar-refractivity contribution in [2.45, 2.75) is 6.18 Å². The van der Waals surface area contributed by atoms with Gasteiger partial charge in [0.25, 0.3) is 0 Å². The van der Waals surface area contributed by atoms with Crippen LogP contribution in [0.4, 0.5) is 23.2 Å². The fourth-order valence-electron chi connectivity index (χ4n) is 1.95. The Bertz CT molecular complexity index is 823. The zero-order valence-corrected chi connectivity index (χ0v) is 10.4. The van der Waals surface area contributed by atoms with Gasteiger partial charge in [0.1, 0.15) is 11.3 Å². The number of hydrogen-bond acceptors (Lipinski definition) is 3. The summed E-state index contributed by atoms with van der Waals surface area (Å²) < 4.78 is 56.1. The Morgan fingerprint density at radius 3 is 2.48 bits per heavy atom. The fraction of sp³-hybridized carbons (Fsp3) is 0.0714. The summed E-state index contributed by atoms with van der Waals surface area (Å²) in [5, 5.41) is 0. The molecule has 0 aliphatic carbocycles. The molecule has 0 aliphatic rings. The zero-order chi connectivity index (χ0) is 15.2. The SMILES string of the molecule is Nc1cc(C(F)(F)F)ccc1-c1nc2ccc(F)cc2o1. The molecule has 3 aromatic rings. The van der Waals surface area contributed by atoms with Crippen LogP contribution in [-0.2, 0) is 6.18 Å². The van der Waals surface area contributed by atoms with Gasteiger partial charge in [-0.3, -0.25) is 0 Å². The van der Waals surface area contributed by atoms with Gasteiger partial charge in [-0.2, -0.15) is 13.2 Å². The van der Waals surface area contributed by atoms with Gasteiger partial charge in [-0.15, -0.1) is 0 Å². The number of nitrogen functional groups attached to an aromatic ring is 1. The molecule has 0 bridgehead atoms. The number of benzene rings is 2. The lowest BCUT2D eigenvalue weighted by Gasteiger charge is -2.08. The van der Waals surface area contributed by atoms with Crippen molar-refractivity contribution in [1.82, 2.24) is 4.98 Å². The molecule has 1 heterocycles. The van der Waals surface area contributed by atoms with Crippen LogP contribution in [0.15, 0.2) is 40.8 Å². The summed E-state index contributed by atoms with van der Waals surface area (Å²) in [6.45, 7) is 0.